The minimum Gasteiger partial charge on any atom is -0.277 e. The molecule has 0 unspecified atom stereocenters. The molecule has 17 heavy (non-hydrogen) atoms. The first kappa shape index (κ1) is 9.97. The highest BCUT2D eigenvalue weighted by molar-refractivity contribution is 5.62. The van der Waals surface area contributed by atoms with Gasteiger partial charge in [0.1, 0.15) is 0 Å². The molecule has 0 fully saturated rings. The van der Waals surface area contributed by atoms with E-state index in [-0.39, 0.29) is 0 Å². The molecule has 0 amide bonds. The Bertz CT molecular complexity index is 505. The van der Waals surface area contributed by atoms with Gasteiger partial charge in [0.05, 0.1) is 17.9 Å². The van der Waals surface area contributed by atoms with Crippen molar-refractivity contribution in [3.05, 3.63) is 72.9 Å². The molecule has 0 N–H and O–H groups in total. The van der Waals surface area contributed by atoms with Crippen molar-refractivity contribution >= 4 is 11.4 Å². The average molecular weight is 222 g/mol. The predicted molar refractivity (Wildman–Crippen MR) is 71.8 cm³/mol. The van der Waals surface area contributed by atoms with Gasteiger partial charge in [-0.25, -0.2) is 0 Å². The van der Waals surface area contributed by atoms with Crippen molar-refractivity contribution in [1.82, 2.24) is 0 Å². The topological polar surface area (TPSA) is 6.48 Å². The fraction of sp³-hybridized carbons (Fsp3) is 0.0667. The summed E-state index contributed by atoms with van der Waals surface area (Å²) in [4.78, 5) is 0. The Labute approximate surface area is 101 Å². The van der Waals surface area contributed by atoms with Crippen LogP contribution in [0.1, 0.15) is 0 Å². The van der Waals surface area contributed by atoms with Gasteiger partial charge in [-0.2, -0.15) is 0 Å². The highest BCUT2D eigenvalue weighted by Crippen LogP contribution is 2.25. The normalized spacial score (nSPS) is 14.4. The highest BCUT2D eigenvalue weighted by Gasteiger charge is 2.17. The summed E-state index contributed by atoms with van der Waals surface area (Å²) >= 11 is 0. The third kappa shape index (κ3) is 1.89. The van der Waals surface area contributed by atoms with Crippen LogP contribution in [0.5, 0.6) is 0 Å². The Kier molecular flexibility index (Phi) is 2.54. The molecule has 0 aliphatic carbocycles. The summed E-state index contributed by atoms with van der Waals surface area (Å²) in [6, 6.07) is 20.8. The van der Waals surface area contributed by atoms with Crippen molar-refractivity contribution in [1.29, 1.82) is 0 Å². The largest absolute Gasteiger partial charge is 0.277 e. The van der Waals surface area contributed by atoms with Crippen molar-refractivity contribution < 1.29 is 0 Å². The molecule has 0 bridgehead atoms. The van der Waals surface area contributed by atoms with Gasteiger partial charge in [-0.1, -0.05) is 36.4 Å². The van der Waals surface area contributed by atoms with E-state index in [9.17, 15) is 0 Å². The number of hydrazine groups is 1. The van der Waals surface area contributed by atoms with Gasteiger partial charge in [0.15, 0.2) is 0 Å². The number of hydrogen-bond donors (Lipinski definition) is 0. The van der Waals surface area contributed by atoms with Crippen LogP contribution in [0.4, 0.5) is 11.4 Å². The first-order valence-electron chi connectivity index (χ1n) is 5.78. The van der Waals surface area contributed by atoms with E-state index in [4.69, 9.17) is 0 Å². The number of nitrogens with zero attached hydrogens (tertiary/aromatic N) is 2. The lowest BCUT2D eigenvalue weighted by molar-refractivity contribution is 0.923. The number of hydrogen-bond acceptors (Lipinski definition) is 2. The second-order valence-electron chi connectivity index (χ2n) is 3.98. The Morgan fingerprint density at radius 2 is 1.29 bits per heavy atom. The van der Waals surface area contributed by atoms with Gasteiger partial charge in [0.25, 0.3) is 0 Å². The quantitative estimate of drug-likeness (QED) is 0.768. The van der Waals surface area contributed by atoms with E-state index >= 15 is 0 Å². The highest BCUT2D eigenvalue weighted by atomic mass is 15.6. The molecule has 2 aromatic carbocycles. The molecule has 0 spiro atoms. The van der Waals surface area contributed by atoms with Gasteiger partial charge in [-0.3, -0.25) is 10.0 Å². The lowest BCUT2D eigenvalue weighted by Crippen LogP contribution is -2.35. The molecule has 2 heteroatoms. The molecule has 2 nitrogen and oxygen atoms in total. The van der Waals surface area contributed by atoms with Crippen LogP contribution >= 0.6 is 0 Å². The number of anilines is 2. The maximum atomic E-state index is 2.25. The summed E-state index contributed by atoms with van der Waals surface area (Å²) in [5, 5.41) is 4.42. The molecule has 0 aromatic heterocycles. The summed E-state index contributed by atoms with van der Waals surface area (Å²) in [7, 11) is 0. The number of para-hydroxylation sites is 2. The maximum absolute atomic E-state index is 2.25. The minimum atomic E-state index is 0.916. The standard InChI is InChI=1S/C15H14N2/c1-3-8-14(9-4-1)16-12-7-13-17(16)15-10-5-2-6-11-15/h1-12H,13H2. The Balaban J connectivity index is 1.93. The van der Waals surface area contributed by atoms with E-state index in [1.165, 1.54) is 11.4 Å². The fourth-order valence-corrected chi connectivity index (χ4v) is 2.05. The molecule has 0 atom stereocenters. The Morgan fingerprint density at radius 1 is 0.706 bits per heavy atom. The molecule has 84 valence electrons. The molecule has 1 aliphatic heterocycles. The second kappa shape index (κ2) is 4.34. The van der Waals surface area contributed by atoms with Crippen LogP contribution in [-0.4, -0.2) is 6.54 Å². The van der Waals surface area contributed by atoms with Crippen molar-refractivity contribution in [2.45, 2.75) is 0 Å². The smallest absolute Gasteiger partial charge is 0.0625 e. The summed E-state index contributed by atoms with van der Waals surface area (Å²) in [6.45, 7) is 0.916. The van der Waals surface area contributed by atoms with Crippen LogP contribution < -0.4 is 10.0 Å². The lowest BCUT2D eigenvalue weighted by atomic mass is 10.3. The summed E-state index contributed by atoms with van der Waals surface area (Å²) in [6.07, 6.45) is 4.28. The lowest BCUT2D eigenvalue weighted by Gasteiger charge is -2.30. The molecule has 3 rings (SSSR count). The first-order valence-corrected chi connectivity index (χ1v) is 5.78. The van der Waals surface area contributed by atoms with Crippen LogP contribution in [0, 0.1) is 0 Å². The zero-order valence-corrected chi connectivity index (χ0v) is 9.53. The van der Waals surface area contributed by atoms with Crippen LogP contribution in [0.2, 0.25) is 0 Å². The summed E-state index contributed by atoms with van der Waals surface area (Å²) in [5.41, 5.74) is 2.39. The third-order valence-corrected chi connectivity index (χ3v) is 2.86. The van der Waals surface area contributed by atoms with Crippen LogP contribution in [0.3, 0.4) is 0 Å². The molecule has 0 saturated carbocycles. The Hall–Kier alpha value is -2.22. The van der Waals surface area contributed by atoms with Gasteiger partial charge < -0.3 is 0 Å². The van der Waals surface area contributed by atoms with E-state index < -0.39 is 0 Å². The number of benzene rings is 2. The van der Waals surface area contributed by atoms with E-state index in [0.717, 1.165) is 6.54 Å². The van der Waals surface area contributed by atoms with Crippen molar-refractivity contribution in [3.63, 3.8) is 0 Å². The van der Waals surface area contributed by atoms with Crippen molar-refractivity contribution in [2.24, 2.45) is 0 Å². The molecular formula is C15H14N2. The predicted octanol–water partition coefficient (Wildman–Crippen LogP) is 3.44. The van der Waals surface area contributed by atoms with Gasteiger partial charge in [0, 0.05) is 6.20 Å². The van der Waals surface area contributed by atoms with E-state index in [1.54, 1.807) is 0 Å². The van der Waals surface area contributed by atoms with Gasteiger partial charge in [-0.05, 0) is 30.3 Å². The SMILES string of the molecule is C1=CN(c2ccccc2)N(c2ccccc2)C1. The second-order valence-corrected chi connectivity index (χ2v) is 3.98. The zero-order valence-electron chi connectivity index (χ0n) is 9.53. The third-order valence-electron chi connectivity index (χ3n) is 2.86. The molecular weight excluding hydrogens is 208 g/mol. The molecule has 0 saturated heterocycles. The van der Waals surface area contributed by atoms with E-state index in [0.29, 0.717) is 0 Å². The van der Waals surface area contributed by atoms with Crippen molar-refractivity contribution in [2.75, 3.05) is 16.6 Å². The molecule has 0 radical (unpaired) electrons. The summed E-state index contributed by atoms with van der Waals surface area (Å²) in [5.74, 6) is 0. The van der Waals surface area contributed by atoms with Gasteiger partial charge in [0.2, 0.25) is 0 Å². The average Bonchev–Trinajstić information content (AvgIpc) is 2.90. The van der Waals surface area contributed by atoms with Crippen LogP contribution in [0.15, 0.2) is 72.9 Å². The molecule has 1 aliphatic rings. The number of rotatable bonds is 2. The molecule has 1 heterocycles. The fourth-order valence-electron chi connectivity index (χ4n) is 2.05. The summed E-state index contributed by atoms with van der Waals surface area (Å²) < 4.78 is 0. The molecule has 2 aromatic rings. The van der Waals surface area contributed by atoms with Gasteiger partial charge >= 0.3 is 0 Å². The zero-order chi connectivity index (χ0) is 11.5. The van der Waals surface area contributed by atoms with Crippen LogP contribution in [0.25, 0.3) is 0 Å². The van der Waals surface area contributed by atoms with Crippen LogP contribution in [-0.2, 0) is 0 Å². The first-order chi connectivity index (χ1) is 8.45. The van der Waals surface area contributed by atoms with E-state index in [1.807, 2.05) is 12.1 Å². The maximum Gasteiger partial charge on any atom is 0.0625 e. The minimum absolute atomic E-state index is 0.916. The Morgan fingerprint density at radius 3 is 1.94 bits per heavy atom. The van der Waals surface area contributed by atoms with Crippen molar-refractivity contribution in [3.8, 4) is 0 Å². The van der Waals surface area contributed by atoms with E-state index in [2.05, 4.69) is 70.8 Å². The van der Waals surface area contributed by atoms with Gasteiger partial charge in [-0.15, -0.1) is 0 Å². The monoisotopic (exact) mass is 222 g/mol.